The molecule has 3 nitrogen and oxygen atoms in total. The highest BCUT2D eigenvalue weighted by molar-refractivity contribution is 5.28. The molecule has 0 saturated carbocycles. The summed E-state index contributed by atoms with van der Waals surface area (Å²) < 4.78 is 5.44. The molecular formula is C18H23NO2. The maximum absolute atomic E-state index is 9.75. The molecule has 0 aromatic heterocycles. The minimum Gasteiger partial charge on any atom is -0.494 e. The third kappa shape index (κ3) is 4.06. The molecule has 0 heterocycles. The number of hydrogen-bond acceptors (Lipinski definition) is 3. The van der Waals surface area contributed by atoms with Crippen LogP contribution in [0.2, 0.25) is 0 Å². The van der Waals surface area contributed by atoms with E-state index < -0.39 is 5.54 Å². The van der Waals surface area contributed by atoms with Gasteiger partial charge in [-0.1, -0.05) is 42.5 Å². The maximum atomic E-state index is 9.75. The van der Waals surface area contributed by atoms with Crippen molar-refractivity contribution in [2.45, 2.75) is 25.9 Å². The molecule has 2 aromatic carbocycles. The van der Waals surface area contributed by atoms with E-state index in [0.29, 0.717) is 13.2 Å². The van der Waals surface area contributed by atoms with Crippen molar-refractivity contribution in [1.82, 2.24) is 5.32 Å². The van der Waals surface area contributed by atoms with Crippen LogP contribution in [0.25, 0.3) is 0 Å². The van der Waals surface area contributed by atoms with Gasteiger partial charge < -0.3 is 15.2 Å². The standard InChI is InChI=1S/C18H23NO2/c1-3-21-17-11-9-15(10-12-17)13-19-18(2,14-20)16-7-5-4-6-8-16/h4-12,19-20H,3,13-14H2,1-2H3. The van der Waals surface area contributed by atoms with Crippen LogP contribution in [-0.4, -0.2) is 18.3 Å². The summed E-state index contributed by atoms with van der Waals surface area (Å²) in [5, 5.41) is 13.2. The summed E-state index contributed by atoms with van der Waals surface area (Å²) in [4.78, 5) is 0. The van der Waals surface area contributed by atoms with Crippen LogP contribution < -0.4 is 10.1 Å². The Labute approximate surface area is 126 Å². The van der Waals surface area contributed by atoms with E-state index >= 15 is 0 Å². The van der Waals surface area contributed by atoms with E-state index in [1.807, 2.05) is 68.4 Å². The van der Waals surface area contributed by atoms with Crippen LogP contribution in [0.1, 0.15) is 25.0 Å². The van der Waals surface area contributed by atoms with Gasteiger partial charge in [0, 0.05) is 6.54 Å². The summed E-state index contributed by atoms with van der Waals surface area (Å²) in [7, 11) is 0. The van der Waals surface area contributed by atoms with Gasteiger partial charge in [0.15, 0.2) is 0 Å². The molecule has 1 atom stereocenters. The Hall–Kier alpha value is -1.84. The lowest BCUT2D eigenvalue weighted by Gasteiger charge is -2.29. The van der Waals surface area contributed by atoms with Gasteiger partial charge in [-0.05, 0) is 37.1 Å². The summed E-state index contributed by atoms with van der Waals surface area (Å²) in [5.74, 6) is 0.884. The predicted octanol–water partition coefficient (Wildman–Crippen LogP) is 3.08. The first-order valence-electron chi connectivity index (χ1n) is 7.31. The topological polar surface area (TPSA) is 41.5 Å². The van der Waals surface area contributed by atoms with Crippen LogP contribution in [0.3, 0.4) is 0 Å². The Balaban J connectivity index is 2.03. The average Bonchev–Trinajstić information content (AvgIpc) is 2.55. The van der Waals surface area contributed by atoms with E-state index in [-0.39, 0.29) is 6.61 Å². The normalized spacial score (nSPS) is 13.7. The van der Waals surface area contributed by atoms with Crippen molar-refractivity contribution in [3.05, 3.63) is 65.7 Å². The molecule has 2 N–H and O–H groups in total. The molecule has 0 aliphatic heterocycles. The zero-order valence-electron chi connectivity index (χ0n) is 12.7. The fourth-order valence-corrected chi connectivity index (χ4v) is 2.22. The molecule has 1 unspecified atom stereocenters. The van der Waals surface area contributed by atoms with Gasteiger partial charge >= 0.3 is 0 Å². The third-order valence-corrected chi connectivity index (χ3v) is 3.64. The predicted molar refractivity (Wildman–Crippen MR) is 85.3 cm³/mol. The van der Waals surface area contributed by atoms with Crippen molar-refractivity contribution in [2.75, 3.05) is 13.2 Å². The van der Waals surface area contributed by atoms with E-state index in [2.05, 4.69) is 5.32 Å². The van der Waals surface area contributed by atoms with E-state index in [1.165, 1.54) is 0 Å². The zero-order valence-corrected chi connectivity index (χ0v) is 12.7. The molecule has 0 aliphatic rings. The van der Waals surface area contributed by atoms with E-state index in [0.717, 1.165) is 16.9 Å². The van der Waals surface area contributed by atoms with Crippen LogP contribution in [-0.2, 0) is 12.1 Å². The number of nitrogens with one attached hydrogen (secondary N) is 1. The van der Waals surface area contributed by atoms with Crippen molar-refractivity contribution in [2.24, 2.45) is 0 Å². The molecule has 0 spiro atoms. The second kappa shape index (κ2) is 7.25. The Bertz CT molecular complexity index is 539. The highest BCUT2D eigenvalue weighted by Crippen LogP contribution is 2.21. The van der Waals surface area contributed by atoms with Crippen molar-refractivity contribution in [1.29, 1.82) is 0 Å². The summed E-state index contributed by atoms with van der Waals surface area (Å²) in [5.41, 5.74) is 1.80. The Morgan fingerprint density at radius 3 is 2.29 bits per heavy atom. The first-order chi connectivity index (χ1) is 10.2. The zero-order chi connectivity index (χ0) is 15.1. The van der Waals surface area contributed by atoms with Crippen LogP contribution in [0.5, 0.6) is 5.75 Å². The fourth-order valence-electron chi connectivity index (χ4n) is 2.22. The van der Waals surface area contributed by atoms with Crippen molar-refractivity contribution >= 4 is 0 Å². The molecule has 0 fully saturated rings. The van der Waals surface area contributed by atoms with Crippen molar-refractivity contribution in [3.8, 4) is 5.75 Å². The molecule has 3 heteroatoms. The second-order valence-corrected chi connectivity index (χ2v) is 5.29. The number of rotatable bonds is 7. The van der Waals surface area contributed by atoms with Crippen LogP contribution in [0, 0.1) is 0 Å². The van der Waals surface area contributed by atoms with Gasteiger partial charge in [-0.15, -0.1) is 0 Å². The van der Waals surface area contributed by atoms with Gasteiger partial charge in [-0.3, -0.25) is 0 Å². The lowest BCUT2D eigenvalue weighted by molar-refractivity contribution is 0.173. The second-order valence-electron chi connectivity index (χ2n) is 5.29. The number of aliphatic hydroxyl groups is 1. The highest BCUT2D eigenvalue weighted by Gasteiger charge is 2.24. The van der Waals surface area contributed by atoms with Gasteiger partial charge in [0.05, 0.1) is 18.8 Å². The lowest BCUT2D eigenvalue weighted by atomic mass is 9.92. The molecule has 0 radical (unpaired) electrons. The van der Waals surface area contributed by atoms with E-state index in [4.69, 9.17) is 4.74 Å². The molecular weight excluding hydrogens is 262 g/mol. The number of hydrogen-bond donors (Lipinski definition) is 2. The smallest absolute Gasteiger partial charge is 0.119 e. The molecule has 0 saturated heterocycles. The summed E-state index contributed by atoms with van der Waals surface area (Å²) >= 11 is 0. The minimum absolute atomic E-state index is 0.0496. The molecule has 2 aromatic rings. The van der Waals surface area contributed by atoms with Gasteiger partial charge in [0.1, 0.15) is 5.75 Å². The molecule has 112 valence electrons. The fraction of sp³-hybridized carbons (Fsp3) is 0.333. The van der Waals surface area contributed by atoms with Gasteiger partial charge in [0.25, 0.3) is 0 Å². The van der Waals surface area contributed by atoms with Gasteiger partial charge in [0.2, 0.25) is 0 Å². The molecule has 0 bridgehead atoms. The van der Waals surface area contributed by atoms with E-state index in [9.17, 15) is 5.11 Å². The summed E-state index contributed by atoms with van der Waals surface area (Å²) in [6.45, 7) is 5.40. The Morgan fingerprint density at radius 1 is 1.05 bits per heavy atom. The molecule has 2 rings (SSSR count). The SMILES string of the molecule is CCOc1ccc(CNC(C)(CO)c2ccccc2)cc1. The van der Waals surface area contributed by atoms with Gasteiger partial charge in [-0.2, -0.15) is 0 Å². The largest absolute Gasteiger partial charge is 0.494 e. The van der Waals surface area contributed by atoms with Gasteiger partial charge in [-0.25, -0.2) is 0 Å². The number of benzene rings is 2. The Morgan fingerprint density at radius 2 is 1.71 bits per heavy atom. The first kappa shape index (κ1) is 15.5. The average molecular weight is 285 g/mol. The van der Waals surface area contributed by atoms with Crippen molar-refractivity contribution in [3.63, 3.8) is 0 Å². The molecule has 0 amide bonds. The van der Waals surface area contributed by atoms with Crippen LogP contribution in [0.15, 0.2) is 54.6 Å². The maximum Gasteiger partial charge on any atom is 0.119 e. The first-order valence-corrected chi connectivity index (χ1v) is 7.31. The number of ether oxygens (including phenoxy) is 1. The quantitative estimate of drug-likeness (QED) is 0.821. The van der Waals surface area contributed by atoms with Crippen LogP contribution >= 0.6 is 0 Å². The number of aliphatic hydroxyl groups excluding tert-OH is 1. The Kier molecular flexibility index (Phi) is 5.37. The molecule has 21 heavy (non-hydrogen) atoms. The van der Waals surface area contributed by atoms with Crippen LogP contribution in [0.4, 0.5) is 0 Å². The minimum atomic E-state index is -0.445. The highest BCUT2D eigenvalue weighted by atomic mass is 16.5. The summed E-state index contributed by atoms with van der Waals surface area (Å²) in [6.07, 6.45) is 0. The van der Waals surface area contributed by atoms with Crippen molar-refractivity contribution < 1.29 is 9.84 Å². The third-order valence-electron chi connectivity index (χ3n) is 3.64. The lowest BCUT2D eigenvalue weighted by Crippen LogP contribution is -2.42. The summed E-state index contributed by atoms with van der Waals surface area (Å²) in [6, 6.07) is 18.0. The van der Waals surface area contributed by atoms with E-state index in [1.54, 1.807) is 0 Å². The molecule has 0 aliphatic carbocycles. The monoisotopic (exact) mass is 285 g/mol.